The highest BCUT2D eigenvalue weighted by Gasteiger charge is 2.18. The summed E-state index contributed by atoms with van der Waals surface area (Å²) in [6.07, 6.45) is -1.05. The number of aliphatic hydroxyl groups is 1. The minimum absolute atomic E-state index is 0.215. The van der Waals surface area contributed by atoms with Gasteiger partial charge in [-0.15, -0.1) is 0 Å². The van der Waals surface area contributed by atoms with Crippen molar-refractivity contribution >= 4 is 43.5 Å². The van der Waals surface area contributed by atoms with Gasteiger partial charge in [0.05, 0.1) is 4.47 Å². The van der Waals surface area contributed by atoms with Crippen LogP contribution < -0.4 is 0 Å². The molecule has 0 saturated carbocycles. The van der Waals surface area contributed by atoms with Crippen LogP contribution in [0.4, 0.5) is 4.39 Å². The molecule has 0 aromatic heterocycles. The van der Waals surface area contributed by atoms with Gasteiger partial charge in [0.15, 0.2) is 0 Å². The Hall–Kier alpha value is -0.420. The Balaban J connectivity index is 2.48. The molecular weight excluding hydrogens is 386 g/mol. The van der Waals surface area contributed by atoms with Crippen molar-refractivity contribution in [1.29, 1.82) is 0 Å². The van der Waals surface area contributed by atoms with E-state index in [4.69, 9.17) is 11.6 Å². The Bertz CT molecular complexity index is 589. The first-order valence-corrected chi connectivity index (χ1v) is 7.04. The lowest BCUT2D eigenvalue weighted by Gasteiger charge is -2.15. The second-order valence-electron chi connectivity index (χ2n) is 3.71. The van der Waals surface area contributed by atoms with Gasteiger partial charge < -0.3 is 5.11 Å². The number of hydrogen-bond donors (Lipinski definition) is 1. The summed E-state index contributed by atoms with van der Waals surface area (Å²) in [4.78, 5) is 0. The van der Waals surface area contributed by atoms with Crippen LogP contribution >= 0.6 is 43.5 Å². The number of aliphatic hydroxyl groups excluding tert-OH is 1. The topological polar surface area (TPSA) is 20.2 Å². The van der Waals surface area contributed by atoms with E-state index in [-0.39, 0.29) is 5.56 Å². The summed E-state index contributed by atoms with van der Waals surface area (Å²) in [7, 11) is 0. The van der Waals surface area contributed by atoms with Crippen LogP contribution in [0.15, 0.2) is 45.3 Å². The highest BCUT2D eigenvalue weighted by molar-refractivity contribution is 9.10. The zero-order valence-electron chi connectivity index (χ0n) is 9.00. The summed E-state index contributed by atoms with van der Waals surface area (Å²) in [6, 6.07) is 9.79. The van der Waals surface area contributed by atoms with Crippen LogP contribution in [0.3, 0.4) is 0 Å². The molecule has 1 unspecified atom stereocenters. The molecule has 2 aromatic carbocycles. The third kappa shape index (κ3) is 2.77. The van der Waals surface area contributed by atoms with Crippen LogP contribution in [-0.4, -0.2) is 5.11 Å². The van der Waals surface area contributed by atoms with Crippen molar-refractivity contribution < 1.29 is 9.50 Å². The Morgan fingerprint density at radius 2 is 1.78 bits per heavy atom. The van der Waals surface area contributed by atoms with Gasteiger partial charge in [-0.1, -0.05) is 45.7 Å². The summed E-state index contributed by atoms with van der Waals surface area (Å²) >= 11 is 12.2. The van der Waals surface area contributed by atoms with Crippen molar-refractivity contribution in [3.05, 3.63) is 67.3 Å². The molecule has 1 N–H and O–H groups in total. The molecule has 18 heavy (non-hydrogen) atoms. The van der Waals surface area contributed by atoms with Gasteiger partial charge in [0.25, 0.3) is 0 Å². The molecule has 0 saturated heterocycles. The molecule has 0 amide bonds. The molecule has 0 spiro atoms. The Morgan fingerprint density at radius 1 is 1.06 bits per heavy atom. The second kappa shape index (κ2) is 5.70. The summed E-state index contributed by atoms with van der Waals surface area (Å²) in [6.45, 7) is 0. The van der Waals surface area contributed by atoms with E-state index < -0.39 is 11.9 Å². The van der Waals surface area contributed by atoms with Crippen LogP contribution in [-0.2, 0) is 0 Å². The van der Waals surface area contributed by atoms with Crippen LogP contribution in [0.5, 0.6) is 0 Å². The molecule has 2 rings (SSSR count). The Kier molecular flexibility index (Phi) is 4.43. The van der Waals surface area contributed by atoms with Gasteiger partial charge in [-0.05, 0) is 39.7 Å². The predicted octanol–water partition coefficient (Wildman–Crippen LogP) is 5.09. The minimum Gasteiger partial charge on any atom is -0.384 e. The molecule has 1 atom stereocenters. The second-order valence-corrected chi connectivity index (χ2v) is 5.86. The van der Waals surface area contributed by atoms with Gasteiger partial charge in [-0.25, -0.2) is 4.39 Å². The fourth-order valence-corrected chi connectivity index (χ4v) is 2.90. The van der Waals surface area contributed by atoms with Crippen LogP contribution in [0.2, 0.25) is 5.02 Å². The van der Waals surface area contributed by atoms with Crippen molar-refractivity contribution in [3.63, 3.8) is 0 Å². The summed E-state index contributed by atoms with van der Waals surface area (Å²) < 4.78 is 14.9. The third-order valence-electron chi connectivity index (χ3n) is 2.53. The molecule has 1 nitrogen and oxygen atoms in total. The average Bonchev–Trinajstić information content (AvgIpc) is 2.32. The zero-order chi connectivity index (χ0) is 13.3. The van der Waals surface area contributed by atoms with E-state index >= 15 is 0 Å². The first kappa shape index (κ1) is 14.0. The van der Waals surface area contributed by atoms with Crippen LogP contribution in [0.25, 0.3) is 0 Å². The van der Waals surface area contributed by atoms with Crippen LogP contribution in [0.1, 0.15) is 17.2 Å². The van der Waals surface area contributed by atoms with E-state index in [0.717, 1.165) is 0 Å². The normalized spacial score (nSPS) is 12.5. The Labute approximate surface area is 126 Å². The lowest BCUT2D eigenvalue weighted by Crippen LogP contribution is -2.03. The quantitative estimate of drug-likeness (QED) is 0.753. The standard InChI is InChI=1S/C13H8Br2ClFO/c14-10-3-1-2-9(12(10)17)13(18)8-5-4-7(16)6-11(8)15/h1-6,13,18H. The van der Waals surface area contributed by atoms with Crippen molar-refractivity contribution in [2.75, 3.05) is 0 Å². The number of benzene rings is 2. The fourth-order valence-electron chi connectivity index (χ4n) is 1.62. The smallest absolute Gasteiger partial charge is 0.143 e. The van der Waals surface area contributed by atoms with E-state index in [2.05, 4.69) is 31.9 Å². The lowest BCUT2D eigenvalue weighted by atomic mass is 10.0. The molecule has 94 valence electrons. The maximum atomic E-state index is 13.9. The molecule has 0 aliphatic heterocycles. The molecular formula is C13H8Br2ClFO. The van der Waals surface area contributed by atoms with Gasteiger partial charge in [0.1, 0.15) is 11.9 Å². The van der Waals surface area contributed by atoms with Crippen molar-refractivity contribution in [2.24, 2.45) is 0 Å². The third-order valence-corrected chi connectivity index (χ3v) is 4.07. The van der Waals surface area contributed by atoms with E-state index in [9.17, 15) is 9.50 Å². The Morgan fingerprint density at radius 3 is 2.44 bits per heavy atom. The van der Waals surface area contributed by atoms with Crippen LogP contribution in [0, 0.1) is 5.82 Å². The SMILES string of the molecule is OC(c1ccc(Cl)cc1Br)c1cccc(Br)c1F. The molecule has 0 bridgehead atoms. The maximum Gasteiger partial charge on any atom is 0.143 e. The van der Waals surface area contributed by atoms with Gasteiger partial charge in [-0.2, -0.15) is 0 Å². The number of halogens is 4. The van der Waals surface area contributed by atoms with Crippen molar-refractivity contribution in [2.45, 2.75) is 6.10 Å². The maximum absolute atomic E-state index is 13.9. The van der Waals surface area contributed by atoms with E-state index in [1.54, 1.807) is 36.4 Å². The highest BCUT2D eigenvalue weighted by atomic mass is 79.9. The molecule has 0 heterocycles. The van der Waals surface area contributed by atoms with Crippen molar-refractivity contribution in [1.82, 2.24) is 0 Å². The monoisotopic (exact) mass is 392 g/mol. The number of hydrogen-bond acceptors (Lipinski definition) is 1. The molecule has 0 aliphatic carbocycles. The number of rotatable bonds is 2. The summed E-state index contributed by atoms with van der Waals surface area (Å²) in [5.74, 6) is -0.466. The molecule has 0 aliphatic rings. The van der Waals surface area contributed by atoms with Gasteiger partial charge in [0, 0.05) is 15.1 Å². The predicted molar refractivity (Wildman–Crippen MR) is 77.3 cm³/mol. The molecule has 2 aromatic rings. The molecule has 0 fully saturated rings. The van der Waals surface area contributed by atoms with Crippen molar-refractivity contribution in [3.8, 4) is 0 Å². The van der Waals surface area contributed by atoms with Gasteiger partial charge in [0.2, 0.25) is 0 Å². The van der Waals surface area contributed by atoms with Gasteiger partial charge in [-0.3, -0.25) is 0 Å². The zero-order valence-corrected chi connectivity index (χ0v) is 12.9. The van der Waals surface area contributed by atoms with E-state index in [1.165, 1.54) is 0 Å². The highest BCUT2D eigenvalue weighted by Crippen LogP contribution is 2.33. The molecule has 5 heteroatoms. The minimum atomic E-state index is -1.05. The lowest BCUT2D eigenvalue weighted by molar-refractivity contribution is 0.214. The summed E-state index contributed by atoms with van der Waals surface area (Å²) in [5, 5.41) is 10.8. The van der Waals surface area contributed by atoms with E-state index in [1.807, 2.05) is 0 Å². The molecule has 0 radical (unpaired) electrons. The average molecular weight is 394 g/mol. The van der Waals surface area contributed by atoms with E-state index in [0.29, 0.717) is 19.5 Å². The summed E-state index contributed by atoms with van der Waals surface area (Å²) in [5.41, 5.74) is 0.781. The largest absolute Gasteiger partial charge is 0.384 e. The fraction of sp³-hybridized carbons (Fsp3) is 0.0769. The first-order chi connectivity index (χ1) is 8.50. The first-order valence-electron chi connectivity index (χ1n) is 5.07. The van der Waals surface area contributed by atoms with Gasteiger partial charge >= 0.3 is 0 Å².